The first-order chi connectivity index (χ1) is 8.67. The molecule has 1 aromatic rings. The van der Waals surface area contributed by atoms with Crippen LogP contribution in [0.1, 0.15) is 48.8 Å². The van der Waals surface area contributed by atoms with Gasteiger partial charge in [0.1, 0.15) is 0 Å². The van der Waals surface area contributed by atoms with Gasteiger partial charge in [-0.15, -0.1) is 11.3 Å². The van der Waals surface area contributed by atoms with E-state index in [-0.39, 0.29) is 6.42 Å². The number of carboxylic acids is 1. The molecule has 1 heterocycles. The first-order valence-electron chi connectivity index (χ1n) is 6.19. The van der Waals surface area contributed by atoms with Crippen molar-refractivity contribution in [2.75, 3.05) is 0 Å². The molecule has 4 nitrogen and oxygen atoms in total. The normalized spacial score (nSPS) is 11.7. The van der Waals surface area contributed by atoms with E-state index in [0.717, 1.165) is 42.7 Å². The molecule has 2 N–H and O–H groups in total. The zero-order valence-corrected chi connectivity index (χ0v) is 11.4. The second-order valence-corrected chi connectivity index (χ2v) is 5.29. The Bertz CT molecular complexity index is 412. The zero-order chi connectivity index (χ0) is 13.4. The molecule has 0 aliphatic heterocycles. The molecule has 0 saturated heterocycles. The second-order valence-electron chi connectivity index (χ2n) is 4.12. The van der Waals surface area contributed by atoms with Gasteiger partial charge in [-0.25, -0.2) is 0 Å². The summed E-state index contributed by atoms with van der Waals surface area (Å²) in [5.74, 6) is -0.722. The van der Waals surface area contributed by atoms with Crippen molar-refractivity contribution in [2.45, 2.75) is 45.4 Å². The fraction of sp³-hybridized carbons (Fsp3) is 0.538. The van der Waals surface area contributed by atoms with Crippen LogP contribution >= 0.6 is 11.3 Å². The van der Waals surface area contributed by atoms with Crippen LogP contribution in [0.4, 0.5) is 0 Å². The Morgan fingerprint density at radius 3 is 2.72 bits per heavy atom. The van der Waals surface area contributed by atoms with Crippen molar-refractivity contribution in [3.63, 3.8) is 0 Å². The maximum absolute atomic E-state index is 10.3. The van der Waals surface area contributed by atoms with Crippen molar-refractivity contribution in [1.82, 2.24) is 0 Å². The van der Waals surface area contributed by atoms with Gasteiger partial charge in [-0.1, -0.05) is 18.5 Å². The number of thiophene rings is 1. The van der Waals surface area contributed by atoms with E-state index in [1.54, 1.807) is 11.3 Å². The molecule has 0 fully saturated rings. The van der Waals surface area contributed by atoms with E-state index in [1.807, 2.05) is 13.0 Å². The fourth-order valence-electron chi connectivity index (χ4n) is 1.71. The van der Waals surface area contributed by atoms with Crippen molar-refractivity contribution in [3.05, 3.63) is 21.9 Å². The van der Waals surface area contributed by atoms with Crippen LogP contribution in [0.3, 0.4) is 0 Å². The molecule has 0 amide bonds. The van der Waals surface area contributed by atoms with Gasteiger partial charge in [-0.3, -0.25) is 4.79 Å². The maximum atomic E-state index is 10.3. The number of hydrogen-bond donors (Lipinski definition) is 2. The molecule has 0 spiro atoms. The van der Waals surface area contributed by atoms with Gasteiger partial charge in [0, 0.05) is 11.3 Å². The standard InChI is InChI=1S/C13H19NO3S/c1-2-11(14-17)12-9-8-10(18-12)6-4-3-5-7-13(15)16/h8-9,17H,2-7H2,1H3,(H,15,16)/b14-11+. The molecule has 5 heteroatoms. The van der Waals surface area contributed by atoms with E-state index >= 15 is 0 Å². The number of oxime groups is 1. The van der Waals surface area contributed by atoms with Crippen LogP contribution in [0.5, 0.6) is 0 Å². The van der Waals surface area contributed by atoms with E-state index < -0.39 is 5.97 Å². The summed E-state index contributed by atoms with van der Waals surface area (Å²) in [5.41, 5.74) is 0.720. The molecule has 18 heavy (non-hydrogen) atoms. The summed E-state index contributed by atoms with van der Waals surface area (Å²) in [7, 11) is 0. The van der Waals surface area contributed by atoms with E-state index in [2.05, 4.69) is 11.2 Å². The van der Waals surface area contributed by atoms with Gasteiger partial charge in [0.25, 0.3) is 0 Å². The Balaban J connectivity index is 2.33. The topological polar surface area (TPSA) is 69.9 Å². The third-order valence-electron chi connectivity index (χ3n) is 2.72. The SMILES string of the molecule is CC/C(=N\O)c1ccc(CCCCCC(=O)O)s1. The van der Waals surface area contributed by atoms with Crippen molar-refractivity contribution in [2.24, 2.45) is 5.16 Å². The first-order valence-corrected chi connectivity index (χ1v) is 7.00. The monoisotopic (exact) mass is 269 g/mol. The number of rotatable bonds is 8. The smallest absolute Gasteiger partial charge is 0.303 e. The third kappa shape index (κ3) is 4.87. The van der Waals surface area contributed by atoms with E-state index in [9.17, 15) is 4.79 Å². The Morgan fingerprint density at radius 1 is 1.33 bits per heavy atom. The molecule has 100 valence electrons. The van der Waals surface area contributed by atoms with Gasteiger partial charge in [0.2, 0.25) is 0 Å². The largest absolute Gasteiger partial charge is 0.481 e. The minimum absolute atomic E-state index is 0.257. The Kier molecular flexibility index (Phi) is 6.43. The van der Waals surface area contributed by atoms with Gasteiger partial charge in [-0.05, 0) is 37.8 Å². The lowest BCUT2D eigenvalue weighted by molar-refractivity contribution is -0.137. The van der Waals surface area contributed by atoms with Crippen LogP contribution in [-0.2, 0) is 11.2 Å². The molecule has 0 saturated carbocycles. The number of hydrogen-bond acceptors (Lipinski definition) is 4. The lowest BCUT2D eigenvalue weighted by Crippen LogP contribution is -1.94. The molecule has 0 aliphatic carbocycles. The molecule has 0 radical (unpaired) electrons. The highest BCUT2D eigenvalue weighted by molar-refractivity contribution is 7.14. The van der Waals surface area contributed by atoms with Gasteiger partial charge >= 0.3 is 5.97 Å². The molecule has 1 rings (SSSR count). The Labute approximate surface area is 111 Å². The van der Waals surface area contributed by atoms with Crippen LogP contribution < -0.4 is 0 Å². The third-order valence-corrected chi connectivity index (χ3v) is 3.91. The molecule has 0 unspecified atom stereocenters. The molecule has 0 aliphatic rings. The lowest BCUT2D eigenvalue weighted by Gasteiger charge is -1.98. The predicted molar refractivity (Wildman–Crippen MR) is 72.7 cm³/mol. The average molecular weight is 269 g/mol. The second kappa shape index (κ2) is 7.87. The number of aryl methyl sites for hydroxylation is 1. The van der Waals surface area contributed by atoms with Crippen molar-refractivity contribution in [1.29, 1.82) is 0 Å². The molecule has 0 bridgehead atoms. The van der Waals surface area contributed by atoms with Crippen molar-refractivity contribution in [3.8, 4) is 0 Å². The van der Waals surface area contributed by atoms with Crippen LogP contribution in [0, 0.1) is 0 Å². The Morgan fingerprint density at radius 2 is 2.11 bits per heavy atom. The van der Waals surface area contributed by atoms with E-state index in [4.69, 9.17) is 10.3 Å². The first kappa shape index (κ1) is 14.7. The zero-order valence-electron chi connectivity index (χ0n) is 10.6. The van der Waals surface area contributed by atoms with Crippen LogP contribution in [-0.4, -0.2) is 22.0 Å². The minimum atomic E-state index is -0.722. The number of carbonyl (C=O) groups is 1. The molecule has 0 aromatic carbocycles. The predicted octanol–water partition coefficient (Wildman–Crippen LogP) is 3.52. The minimum Gasteiger partial charge on any atom is -0.481 e. The fourth-order valence-corrected chi connectivity index (χ4v) is 2.82. The van der Waals surface area contributed by atoms with E-state index in [1.165, 1.54) is 4.88 Å². The average Bonchev–Trinajstić information content (AvgIpc) is 2.79. The summed E-state index contributed by atoms with van der Waals surface area (Å²) < 4.78 is 0. The van der Waals surface area contributed by atoms with Gasteiger partial charge in [0.15, 0.2) is 0 Å². The molecular weight excluding hydrogens is 250 g/mol. The van der Waals surface area contributed by atoms with Crippen molar-refractivity contribution >= 4 is 23.0 Å². The summed E-state index contributed by atoms with van der Waals surface area (Å²) in [4.78, 5) is 12.6. The number of unbranched alkanes of at least 4 members (excludes halogenated alkanes) is 2. The molecule has 1 aromatic heterocycles. The summed E-state index contributed by atoms with van der Waals surface area (Å²) in [5, 5.41) is 20.6. The number of carboxylic acid groups (broad SMARTS) is 1. The summed E-state index contributed by atoms with van der Waals surface area (Å²) in [6.45, 7) is 1.96. The summed E-state index contributed by atoms with van der Waals surface area (Å²) in [6.07, 6.45) is 4.62. The summed E-state index contributed by atoms with van der Waals surface area (Å²) in [6, 6.07) is 4.04. The lowest BCUT2D eigenvalue weighted by atomic mass is 10.1. The van der Waals surface area contributed by atoms with Gasteiger partial charge in [-0.2, -0.15) is 0 Å². The highest BCUT2D eigenvalue weighted by Gasteiger charge is 2.06. The highest BCUT2D eigenvalue weighted by atomic mass is 32.1. The highest BCUT2D eigenvalue weighted by Crippen LogP contribution is 2.20. The van der Waals surface area contributed by atoms with Crippen molar-refractivity contribution < 1.29 is 15.1 Å². The van der Waals surface area contributed by atoms with Crippen LogP contribution in [0.2, 0.25) is 0 Å². The van der Waals surface area contributed by atoms with Crippen LogP contribution in [0.25, 0.3) is 0 Å². The number of nitrogens with zero attached hydrogens (tertiary/aromatic N) is 1. The molecule has 0 atom stereocenters. The number of aliphatic carboxylic acids is 1. The quantitative estimate of drug-likeness (QED) is 0.328. The Hall–Kier alpha value is -1.36. The van der Waals surface area contributed by atoms with Gasteiger partial charge in [0.05, 0.1) is 10.6 Å². The van der Waals surface area contributed by atoms with Gasteiger partial charge < -0.3 is 10.3 Å². The summed E-state index contributed by atoms with van der Waals surface area (Å²) >= 11 is 1.65. The maximum Gasteiger partial charge on any atom is 0.303 e. The molecular formula is C13H19NO3S. The van der Waals surface area contributed by atoms with E-state index in [0.29, 0.717) is 0 Å². The van der Waals surface area contributed by atoms with Crippen LogP contribution in [0.15, 0.2) is 17.3 Å².